The average molecular weight is 391 g/mol. The summed E-state index contributed by atoms with van der Waals surface area (Å²) in [5.41, 5.74) is 2.81. The van der Waals surface area contributed by atoms with Crippen molar-refractivity contribution < 1.29 is 15.0 Å². The molecule has 0 atom stereocenters. The molecule has 0 aliphatic rings. The standard InChI is InChI=1S/C16H11BrN2O3S/c17-10-5-6-12(20)9(7-10)8-18-19-16(22)15-14(21)11-3-1-2-4-13(11)23-15/h1-8,20-21H,(H,19,22). The van der Waals surface area contributed by atoms with E-state index >= 15 is 0 Å². The summed E-state index contributed by atoms with van der Waals surface area (Å²) in [6, 6.07) is 12.1. The van der Waals surface area contributed by atoms with Gasteiger partial charge in [-0.1, -0.05) is 28.1 Å². The monoisotopic (exact) mass is 390 g/mol. The Morgan fingerprint density at radius 2 is 2.00 bits per heavy atom. The van der Waals surface area contributed by atoms with E-state index in [1.54, 1.807) is 24.3 Å². The number of hydrogen-bond acceptors (Lipinski definition) is 5. The van der Waals surface area contributed by atoms with E-state index in [0.717, 1.165) is 9.17 Å². The van der Waals surface area contributed by atoms with Gasteiger partial charge in [-0.25, -0.2) is 5.43 Å². The molecule has 0 spiro atoms. The van der Waals surface area contributed by atoms with E-state index in [4.69, 9.17) is 0 Å². The van der Waals surface area contributed by atoms with Gasteiger partial charge in [-0.2, -0.15) is 5.10 Å². The van der Waals surface area contributed by atoms with Crippen LogP contribution in [0.2, 0.25) is 0 Å². The number of amides is 1. The smallest absolute Gasteiger partial charge is 0.285 e. The van der Waals surface area contributed by atoms with Gasteiger partial charge in [0.15, 0.2) is 0 Å². The predicted molar refractivity (Wildman–Crippen MR) is 94.4 cm³/mol. The molecule has 0 fully saturated rings. The highest BCUT2D eigenvalue weighted by molar-refractivity contribution is 9.10. The first kappa shape index (κ1) is 15.5. The summed E-state index contributed by atoms with van der Waals surface area (Å²) in [5, 5.41) is 24.3. The SMILES string of the molecule is O=C(NN=Cc1cc(Br)ccc1O)c1sc2ccccc2c1O. The lowest BCUT2D eigenvalue weighted by Crippen LogP contribution is -2.16. The van der Waals surface area contributed by atoms with E-state index in [-0.39, 0.29) is 16.4 Å². The van der Waals surface area contributed by atoms with E-state index in [1.807, 2.05) is 12.1 Å². The molecule has 23 heavy (non-hydrogen) atoms. The van der Waals surface area contributed by atoms with Gasteiger partial charge in [-0.15, -0.1) is 11.3 Å². The number of hydrazone groups is 1. The number of phenols is 1. The second kappa shape index (κ2) is 6.39. The van der Waals surface area contributed by atoms with Crippen molar-refractivity contribution in [3.05, 3.63) is 57.4 Å². The molecule has 1 heterocycles. The van der Waals surface area contributed by atoms with Crippen LogP contribution < -0.4 is 5.43 Å². The summed E-state index contributed by atoms with van der Waals surface area (Å²) in [7, 11) is 0. The molecule has 0 bridgehead atoms. The normalized spacial score (nSPS) is 11.2. The van der Waals surface area contributed by atoms with Gasteiger partial charge in [0.25, 0.3) is 5.91 Å². The summed E-state index contributed by atoms with van der Waals surface area (Å²) in [4.78, 5) is 12.3. The van der Waals surface area contributed by atoms with Crippen molar-refractivity contribution >= 4 is 49.5 Å². The molecule has 3 rings (SSSR count). The first-order valence-corrected chi connectivity index (χ1v) is 8.19. The molecule has 0 aliphatic carbocycles. The summed E-state index contributed by atoms with van der Waals surface area (Å²) in [6.07, 6.45) is 1.34. The quantitative estimate of drug-likeness (QED) is 0.469. The summed E-state index contributed by atoms with van der Waals surface area (Å²) < 4.78 is 1.61. The Morgan fingerprint density at radius 3 is 2.78 bits per heavy atom. The maximum atomic E-state index is 12.1. The number of thiophene rings is 1. The Kier molecular flexibility index (Phi) is 4.31. The van der Waals surface area contributed by atoms with Crippen molar-refractivity contribution in [3.63, 3.8) is 0 Å². The van der Waals surface area contributed by atoms with E-state index in [9.17, 15) is 15.0 Å². The van der Waals surface area contributed by atoms with Crippen LogP contribution in [0, 0.1) is 0 Å². The molecule has 0 radical (unpaired) electrons. The van der Waals surface area contributed by atoms with Gasteiger partial charge in [0, 0.05) is 20.1 Å². The van der Waals surface area contributed by atoms with Crippen molar-refractivity contribution in [2.75, 3.05) is 0 Å². The summed E-state index contributed by atoms with van der Waals surface area (Å²) >= 11 is 4.48. The van der Waals surface area contributed by atoms with Crippen molar-refractivity contribution in [1.29, 1.82) is 0 Å². The molecular formula is C16H11BrN2O3S. The summed E-state index contributed by atoms with van der Waals surface area (Å²) in [6.45, 7) is 0. The Labute approximate surface area is 144 Å². The van der Waals surface area contributed by atoms with Crippen LogP contribution in [0.3, 0.4) is 0 Å². The zero-order valence-electron chi connectivity index (χ0n) is 11.7. The lowest BCUT2D eigenvalue weighted by molar-refractivity contribution is 0.0957. The van der Waals surface area contributed by atoms with Crippen molar-refractivity contribution in [2.24, 2.45) is 5.10 Å². The third-order valence-corrected chi connectivity index (χ3v) is 4.79. The molecular weight excluding hydrogens is 380 g/mol. The number of halogens is 1. The third-order valence-electron chi connectivity index (χ3n) is 3.13. The van der Waals surface area contributed by atoms with Gasteiger partial charge < -0.3 is 10.2 Å². The molecule has 0 aliphatic heterocycles. The Balaban J connectivity index is 1.80. The maximum Gasteiger partial charge on any atom is 0.285 e. The number of aromatic hydroxyl groups is 2. The lowest BCUT2D eigenvalue weighted by atomic mass is 10.2. The highest BCUT2D eigenvalue weighted by atomic mass is 79.9. The first-order valence-electron chi connectivity index (χ1n) is 6.58. The van der Waals surface area contributed by atoms with Crippen LogP contribution in [0.4, 0.5) is 0 Å². The molecule has 1 aromatic heterocycles. The molecule has 3 N–H and O–H groups in total. The minimum atomic E-state index is -0.505. The van der Waals surface area contributed by atoms with Gasteiger partial charge in [0.2, 0.25) is 0 Å². The van der Waals surface area contributed by atoms with Crippen LogP contribution in [0.5, 0.6) is 11.5 Å². The fourth-order valence-corrected chi connectivity index (χ4v) is 3.39. The van der Waals surface area contributed by atoms with Gasteiger partial charge in [-0.05, 0) is 30.3 Å². The molecule has 0 saturated carbocycles. The van der Waals surface area contributed by atoms with Gasteiger partial charge >= 0.3 is 0 Å². The van der Waals surface area contributed by atoms with E-state index in [0.29, 0.717) is 10.9 Å². The minimum Gasteiger partial charge on any atom is -0.507 e. The van der Waals surface area contributed by atoms with Crippen molar-refractivity contribution in [2.45, 2.75) is 0 Å². The number of rotatable bonds is 3. The van der Waals surface area contributed by atoms with Crippen LogP contribution in [-0.4, -0.2) is 22.3 Å². The van der Waals surface area contributed by atoms with Gasteiger partial charge in [-0.3, -0.25) is 4.79 Å². The number of nitrogens with one attached hydrogen (secondary N) is 1. The number of carbonyl (C=O) groups excluding carboxylic acids is 1. The van der Waals surface area contributed by atoms with Crippen LogP contribution in [0.15, 0.2) is 52.0 Å². The highest BCUT2D eigenvalue weighted by Gasteiger charge is 2.17. The van der Waals surface area contributed by atoms with E-state index in [2.05, 4.69) is 26.5 Å². The molecule has 0 saturated heterocycles. The number of benzene rings is 2. The Morgan fingerprint density at radius 1 is 1.22 bits per heavy atom. The number of phenolic OH excluding ortho intramolecular Hbond substituents is 1. The van der Waals surface area contributed by atoms with Crippen molar-refractivity contribution in [1.82, 2.24) is 5.43 Å². The zero-order valence-corrected chi connectivity index (χ0v) is 14.1. The zero-order chi connectivity index (χ0) is 16.4. The number of hydrogen-bond donors (Lipinski definition) is 3. The Bertz CT molecular complexity index is 921. The fraction of sp³-hybridized carbons (Fsp3) is 0. The third kappa shape index (κ3) is 3.20. The molecule has 116 valence electrons. The minimum absolute atomic E-state index is 0.0518. The molecule has 7 heteroatoms. The molecule has 2 aromatic carbocycles. The number of carbonyl (C=O) groups is 1. The molecule has 0 unspecified atom stereocenters. The van der Waals surface area contributed by atoms with Crippen molar-refractivity contribution in [3.8, 4) is 11.5 Å². The number of nitrogens with zero attached hydrogens (tertiary/aromatic N) is 1. The predicted octanol–water partition coefficient (Wildman–Crippen LogP) is 3.84. The molecule has 5 nitrogen and oxygen atoms in total. The Hall–Kier alpha value is -2.38. The molecule has 3 aromatic rings. The fourth-order valence-electron chi connectivity index (χ4n) is 2.03. The second-order valence-electron chi connectivity index (χ2n) is 4.68. The lowest BCUT2D eigenvalue weighted by Gasteiger charge is -2.00. The maximum absolute atomic E-state index is 12.1. The molecule has 1 amide bonds. The van der Waals surface area contributed by atoms with Gasteiger partial charge in [0.05, 0.1) is 6.21 Å². The van der Waals surface area contributed by atoms with Crippen LogP contribution in [-0.2, 0) is 0 Å². The summed E-state index contributed by atoms with van der Waals surface area (Å²) in [5.74, 6) is -0.506. The topological polar surface area (TPSA) is 81.9 Å². The largest absolute Gasteiger partial charge is 0.507 e. The van der Waals surface area contributed by atoms with E-state index in [1.165, 1.54) is 23.6 Å². The van der Waals surface area contributed by atoms with Crippen LogP contribution in [0.25, 0.3) is 10.1 Å². The van der Waals surface area contributed by atoms with Crippen LogP contribution >= 0.6 is 27.3 Å². The highest BCUT2D eigenvalue weighted by Crippen LogP contribution is 2.36. The average Bonchev–Trinajstić information content (AvgIpc) is 2.88. The van der Waals surface area contributed by atoms with Crippen LogP contribution in [0.1, 0.15) is 15.2 Å². The second-order valence-corrected chi connectivity index (χ2v) is 6.65. The first-order chi connectivity index (χ1) is 11.1. The van der Waals surface area contributed by atoms with E-state index < -0.39 is 5.91 Å². The number of fused-ring (bicyclic) bond motifs is 1. The van der Waals surface area contributed by atoms with Gasteiger partial charge in [0.1, 0.15) is 16.4 Å².